The molecule has 0 unspecified atom stereocenters. The first-order valence-corrected chi connectivity index (χ1v) is 4.47. The van der Waals surface area contributed by atoms with Crippen molar-refractivity contribution in [2.45, 2.75) is 19.1 Å². The van der Waals surface area contributed by atoms with Crippen molar-refractivity contribution in [1.82, 2.24) is 0 Å². The van der Waals surface area contributed by atoms with Crippen molar-refractivity contribution in [3.63, 3.8) is 0 Å². The normalized spacial score (nSPS) is 10.8. The molecule has 0 radical (unpaired) electrons. The zero-order valence-electron chi connectivity index (χ0n) is 8.20. The molecule has 0 amide bonds. The Hall–Kier alpha value is 0.650. The molecule has 0 atom stereocenters. The van der Waals surface area contributed by atoms with Gasteiger partial charge in [-0.1, -0.05) is 6.08 Å². The van der Waals surface area contributed by atoms with Crippen molar-refractivity contribution < 1.29 is 43.6 Å². The van der Waals surface area contributed by atoms with Gasteiger partial charge in [-0.05, 0) is 13.8 Å². The maximum atomic E-state index is 10.8. The second-order valence-electron chi connectivity index (χ2n) is 2.11. The van der Waals surface area contributed by atoms with E-state index >= 15 is 0 Å². The van der Waals surface area contributed by atoms with Gasteiger partial charge >= 0.3 is 29.6 Å². The van der Waals surface area contributed by atoms with E-state index in [9.17, 15) is 8.42 Å². The molecule has 0 fully saturated rings. The molecule has 0 N–H and O–H groups in total. The monoisotopic (exact) mass is 188 g/mol. The molecule has 0 saturated heterocycles. The van der Waals surface area contributed by atoms with Crippen LogP contribution in [0.25, 0.3) is 0 Å². The Labute approximate surface area is 91.7 Å². The molecule has 0 heterocycles. The smallest absolute Gasteiger partial charge is 1.00 e. The molecule has 3 nitrogen and oxygen atoms in total. The summed E-state index contributed by atoms with van der Waals surface area (Å²) < 4.78 is 26.1. The van der Waals surface area contributed by atoms with Crippen molar-refractivity contribution in [2.24, 2.45) is 0 Å². The zero-order valence-corrected chi connectivity index (χ0v) is 10.0. The van der Waals surface area contributed by atoms with Crippen LogP contribution in [0.4, 0.5) is 0 Å². The topological polar surface area (TPSA) is 43.4 Å². The Morgan fingerprint density at radius 1 is 1.64 bits per heavy atom. The Balaban J connectivity index is -0.000000405. The van der Waals surface area contributed by atoms with E-state index in [0.29, 0.717) is 0 Å². The molecular weight excluding hydrogens is 175 g/mol. The molecular formula is C6H13NaO3S. The fourth-order valence-corrected chi connectivity index (χ4v) is 0.837. The minimum Gasteiger partial charge on any atom is -1.00 e. The predicted molar refractivity (Wildman–Crippen MR) is 41.3 cm³/mol. The first-order valence-electron chi connectivity index (χ1n) is 3.00. The molecule has 0 aromatic carbocycles. The van der Waals surface area contributed by atoms with Crippen molar-refractivity contribution >= 4 is 10.1 Å². The summed E-state index contributed by atoms with van der Waals surface area (Å²) >= 11 is 0. The Morgan fingerprint density at radius 2 is 2.09 bits per heavy atom. The van der Waals surface area contributed by atoms with Gasteiger partial charge in [0.1, 0.15) is 0 Å². The molecule has 62 valence electrons. The van der Waals surface area contributed by atoms with Crippen LogP contribution in [0.1, 0.15) is 15.3 Å². The third kappa shape index (κ3) is 5.87. The van der Waals surface area contributed by atoms with E-state index in [0.717, 1.165) is 0 Å². The molecule has 0 rings (SSSR count). The van der Waals surface area contributed by atoms with Crippen molar-refractivity contribution in [2.75, 3.05) is 6.61 Å². The maximum absolute atomic E-state index is 10.8. The summed E-state index contributed by atoms with van der Waals surface area (Å²) in [7, 11) is -3.33. The maximum Gasteiger partial charge on any atom is 1.00 e. The molecule has 11 heavy (non-hydrogen) atoms. The summed E-state index contributed by atoms with van der Waals surface area (Å²) in [5.41, 5.74) is 0. The largest absolute Gasteiger partial charge is 1.00 e. The van der Waals surface area contributed by atoms with E-state index in [4.69, 9.17) is 0 Å². The van der Waals surface area contributed by atoms with Gasteiger partial charge in [0.2, 0.25) is 0 Å². The second kappa shape index (κ2) is 6.20. The summed E-state index contributed by atoms with van der Waals surface area (Å²) in [4.78, 5) is 0. The molecule has 0 aliphatic heterocycles. The summed E-state index contributed by atoms with van der Waals surface area (Å²) in [6.07, 6.45) is 1.40. The number of hydrogen-bond donors (Lipinski definition) is 0. The van der Waals surface area contributed by atoms with Gasteiger partial charge in [-0.15, -0.1) is 6.58 Å². The fourth-order valence-electron chi connectivity index (χ4n) is 0.279. The van der Waals surface area contributed by atoms with Crippen molar-refractivity contribution in [1.29, 1.82) is 0 Å². The van der Waals surface area contributed by atoms with Crippen molar-refractivity contribution in [3.05, 3.63) is 12.7 Å². The molecule has 0 spiro atoms. The van der Waals surface area contributed by atoms with Gasteiger partial charge in [-0.3, -0.25) is 4.18 Å². The standard InChI is InChI=1S/C6H12O3S.Na.H/c1-4-5-9-10(7,8)6(2)3;;/h4,6H,1,5H2,2-3H3;;/q;+1;-1. The van der Waals surface area contributed by atoms with Crippen LogP contribution in [0.15, 0.2) is 12.7 Å². The molecule has 0 aromatic rings. The van der Waals surface area contributed by atoms with Crippen LogP contribution in [-0.2, 0) is 14.3 Å². The second-order valence-corrected chi connectivity index (χ2v) is 4.28. The molecule has 0 aliphatic rings. The van der Waals surface area contributed by atoms with E-state index in [1.54, 1.807) is 13.8 Å². The Morgan fingerprint density at radius 3 is 2.36 bits per heavy atom. The SMILES string of the molecule is C=CCOS(=O)(=O)C(C)C.[H-].[Na+]. The first-order chi connectivity index (χ1) is 4.50. The predicted octanol–water partition coefficient (Wildman–Crippen LogP) is -1.96. The van der Waals surface area contributed by atoms with Crippen LogP contribution in [0.5, 0.6) is 0 Å². The third-order valence-corrected chi connectivity index (χ3v) is 2.55. The van der Waals surface area contributed by atoms with Crippen LogP contribution >= 0.6 is 0 Å². The van der Waals surface area contributed by atoms with Crippen LogP contribution < -0.4 is 29.6 Å². The average Bonchev–Trinajstić information content (AvgIpc) is 1.84. The Bertz CT molecular complexity index is 201. The number of hydrogen-bond acceptors (Lipinski definition) is 3. The number of rotatable bonds is 4. The molecule has 5 heteroatoms. The van der Waals surface area contributed by atoms with Gasteiger partial charge in [0.25, 0.3) is 10.1 Å². The zero-order chi connectivity index (χ0) is 8.20. The van der Waals surface area contributed by atoms with Gasteiger partial charge in [-0.25, -0.2) is 0 Å². The summed E-state index contributed by atoms with van der Waals surface area (Å²) in [5, 5.41) is -0.479. The summed E-state index contributed by atoms with van der Waals surface area (Å²) in [6, 6.07) is 0. The molecule has 0 aliphatic carbocycles. The van der Waals surface area contributed by atoms with Gasteiger partial charge in [0, 0.05) is 0 Å². The van der Waals surface area contributed by atoms with Gasteiger partial charge in [-0.2, -0.15) is 8.42 Å². The van der Waals surface area contributed by atoms with E-state index in [1.165, 1.54) is 6.08 Å². The molecule has 0 saturated carbocycles. The van der Waals surface area contributed by atoms with Crippen molar-refractivity contribution in [3.8, 4) is 0 Å². The van der Waals surface area contributed by atoms with Crippen LogP contribution in [0, 0.1) is 0 Å². The Kier molecular flexibility index (Phi) is 7.99. The van der Waals surface area contributed by atoms with E-state index in [1.807, 2.05) is 0 Å². The van der Waals surface area contributed by atoms with Gasteiger partial charge < -0.3 is 1.43 Å². The van der Waals surface area contributed by atoms with E-state index < -0.39 is 15.4 Å². The van der Waals surface area contributed by atoms with Crippen LogP contribution in [0.2, 0.25) is 0 Å². The summed E-state index contributed by atoms with van der Waals surface area (Å²) in [6.45, 7) is 6.53. The minimum atomic E-state index is -3.33. The molecule has 0 aromatic heterocycles. The fraction of sp³-hybridized carbons (Fsp3) is 0.667. The minimum absolute atomic E-state index is 0. The first kappa shape index (κ1) is 14.2. The summed E-state index contributed by atoms with van der Waals surface area (Å²) in [5.74, 6) is 0. The average molecular weight is 188 g/mol. The van der Waals surface area contributed by atoms with E-state index in [2.05, 4.69) is 10.8 Å². The third-order valence-electron chi connectivity index (χ3n) is 0.928. The van der Waals surface area contributed by atoms with Crippen LogP contribution in [0.3, 0.4) is 0 Å². The quantitative estimate of drug-likeness (QED) is 0.292. The van der Waals surface area contributed by atoms with Gasteiger partial charge in [0.15, 0.2) is 0 Å². The molecule has 0 bridgehead atoms. The van der Waals surface area contributed by atoms with Crippen LogP contribution in [-0.4, -0.2) is 20.3 Å². The van der Waals surface area contributed by atoms with E-state index in [-0.39, 0.29) is 37.6 Å². The van der Waals surface area contributed by atoms with Gasteiger partial charge in [0.05, 0.1) is 11.9 Å².